The Morgan fingerprint density at radius 3 is 2.69 bits per heavy atom. The zero-order chi connectivity index (χ0) is 11.5. The zero-order valence-corrected chi connectivity index (χ0v) is 9.65. The summed E-state index contributed by atoms with van der Waals surface area (Å²) in [7, 11) is 0. The summed E-state index contributed by atoms with van der Waals surface area (Å²) in [6.07, 6.45) is 2.46. The van der Waals surface area contributed by atoms with Gasteiger partial charge in [-0.15, -0.1) is 0 Å². The summed E-state index contributed by atoms with van der Waals surface area (Å²) < 4.78 is 0. The van der Waals surface area contributed by atoms with E-state index < -0.39 is 0 Å². The van der Waals surface area contributed by atoms with Crippen molar-refractivity contribution in [2.24, 2.45) is 5.73 Å². The monoisotopic (exact) mass is 218 g/mol. The summed E-state index contributed by atoms with van der Waals surface area (Å²) in [6.45, 7) is 2.68. The zero-order valence-electron chi connectivity index (χ0n) is 9.65. The number of hydrogen-bond donors (Lipinski definition) is 1. The van der Waals surface area contributed by atoms with Gasteiger partial charge in [-0.25, -0.2) is 0 Å². The van der Waals surface area contributed by atoms with Crippen LogP contribution >= 0.6 is 0 Å². The smallest absolute Gasteiger partial charge is 0.227 e. The molecule has 1 atom stereocenters. The van der Waals surface area contributed by atoms with Crippen LogP contribution in [0.5, 0.6) is 0 Å². The van der Waals surface area contributed by atoms with E-state index in [0.717, 1.165) is 18.5 Å². The van der Waals surface area contributed by atoms with E-state index in [0.29, 0.717) is 13.0 Å². The first-order valence-corrected chi connectivity index (χ1v) is 5.79. The van der Waals surface area contributed by atoms with E-state index in [-0.39, 0.29) is 11.9 Å². The molecule has 1 aromatic carbocycles. The van der Waals surface area contributed by atoms with Gasteiger partial charge >= 0.3 is 0 Å². The molecule has 1 fully saturated rings. The molecule has 1 heterocycles. The SMILES string of the molecule is Cc1ccc(N2CC(N)CCCC2=O)cc1. The molecule has 0 saturated carbocycles. The molecule has 0 radical (unpaired) electrons. The largest absolute Gasteiger partial charge is 0.326 e. The number of hydrogen-bond acceptors (Lipinski definition) is 2. The topological polar surface area (TPSA) is 46.3 Å². The van der Waals surface area contributed by atoms with Crippen molar-refractivity contribution in [3.05, 3.63) is 29.8 Å². The second kappa shape index (κ2) is 4.66. The minimum Gasteiger partial charge on any atom is -0.326 e. The average molecular weight is 218 g/mol. The molecule has 2 N–H and O–H groups in total. The summed E-state index contributed by atoms with van der Waals surface area (Å²) in [5.74, 6) is 0.191. The minimum atomic E-state index is 0.104. The Kier molecular flexibility index (Phi) is 3.25. The van der Waals surface area contributed by atoms with Crippen molar-refractivity contribution in [1.82, 2.24) is 0 Å². The maximum absolute atomic E-state index is 11.9. The first-order chi connectivity index (χ1) is 7.66. The number of nitrogens with two attached hydrogens (primary N) is 1. The number of anilines is 1. The van der Waals surface area contributed by atoms with Crippen molar-refractivity contribution in [3.8, 4) is 0 Å². The molecule has 1 amide bonds. The van der Waals surface area contributed by atoms with E-state index in [2.05, 4.69) is 0 Å². The van der Waals surface area contributed by atoms with Gasteiger partial charge in [0.2, 0.25) is 5.91 Å². The van der Waals surface area contributed by atoms with E-state index in [9.17, 15) is 4.79 Å². The van der Waals surface area contributed by atoms with E-state index >= 15 is 0 Å². The van der Waals surface area contributed by atoms with Gasteiger partial charge in [-0.3, -0.25) is 4.79 Å². The number of amides is 1. The molecule has 0 aromatic heterocycles. The van der Waals surface area contributed by atoms with Gasteiger partial charge in [0.05, 0.1) is 0 Å². The van der Waals surface area contributed by atoms with Crippen molar-refractivity contribution in [2.45, 2.75) is 32.2 Å². The number of nitrogens with zero attached hydrogens (tertiary/aromatic N) is 1. The maximum atomic E-state index is 11.9. The number of rotatable bonds is 1. The van der Waals surface area contributed by atoms with E-state index in [1.165, 1.54) is 5.56 Å². The molecule has 16 heavy (non-hydrogen) atoms. The number of carbonyl (C=O) groups excluding carboxylic acids is 1. The predicted molar refractivity (Wildman–Crippen MR) is 65.4 cm³/mol. The van der Waals surface area contributed by atoms with Crippen LogP contribution in [0.4, 0.5) is 5.69 Å². The van der Waals surface area contributed by atoms with Gasteiger partial charge in [-0.05, 0) is 31.9 Å². The molecule has 0 bridgehead atoms. The molecule has 0 aliphatic carbocycles. The number of benzene rings is 1. The first-order valence-electron chi connectivity index (χ1n) is 5.79. The maximum Gasteiger partial charge on any atom is 0.227 e. The van der Waals surface area contributed by atoms with Gasteiger partial charge < -0.3 is 10.6 Å². The van der Waals surface area contributed by atoms with Crippen LogP contribution in [0.1, 0.15) is 24.8 Å². The molecule has 1 unspecified atom stereocenters. The molecule has 1 aromatic rings. The highest BCUT2D eigenvalue weighted by atomic mass is 16.2. The lowest BCUT2D eigenvalue weighted by Crippen LogP contribution is -2.38. The van der Waals surface area contributed by atoms with Crippen LogP contribution < -0.4 is 10.6 Å². The third-order valence-electron chi connectivity index (χ3n) is 3.03. The summed E-state index contributed by atoms with van der Waals surface area (Å²) in [5.41, 5.74) is 8.13. The Morgan fingerprint density at radius 1 is 1.31 bits per heavy atom. The van der Waals surface area contributed by atoms with Crippen LogP contribution in [0.3, 0.4) is 0 Å². The van der Waals surface area contributed by atoms with Gasteiger partial charge in [0, 0.05) is 24.7 Å². The lowest BCUT2D eigenvalue weighted by Gasteiger charge is -2.23. The van der Waals surface area contributed by atoms with Crippen molar-refractivity contribution in [3.63, 3.8) is 0 Å². The van der Waals surface area contributed by atoms with Crippen LogP contribution in [0.15, 0.2) is 24.3 Å². The van der Waals surface area contributed by atoms with Crippen LogP contribution in [-0.2, 0) is 4.79 Å². The average Bonchev–Trinajstić information content (AvgIpc) is 2.42. The second-order valence-electron chi connectivity index (χ2n) is 4.49. The van der Waals surface area contributed by atoms with E-state index in [1.54, 1.807) is 0 Å². The second-order valence-corrected chi connectivity index (χ2v) is 4.49. The molecule has 1 saturated heterocycles. The fraction of sp³-hybridized carbons (Fsp3) is 0.462. The fourth-order valence-electron chi connectivity index (χ4n) is 2.05. The van der Waals surface area contributed by atoms with Crippen LogP contribution in [0.25, 0.3) is 0 Å². The normalized spacial score (nSPS) is 22.0. The summed E-state index contributed by atoms with van der Waals surface area (Å²) in [5, 5.41) is 0. The highest BCUT2D eigenvalue weighted by Crippen LogP contribution is 2.20. The van der Waals surface area contributed by atoms with Gasteiger partial charge in [-0.2, -0.15) is 0 Å². The summed E-state index contributed by atoms with van der Waals surface area (Å²) >= 11 is 0. The van der Waals surface area contributed by atoms with Crippen molar-refractivity contribution < 1.29 is 4.79 Å². The molecule has 1 aliphatic rings. The predicted octanol–water partition coefficient (Wildman–Crippen LogP) is 1.84. The number of aryl methyl sites for hydroxylation is 1. The Labute approximate surface area is 96.2 Å². The Bertz CT molecular complexity index is 372. The quantitative estimate of drug-likeness (QED) is 0.781. The first kappa shape index (κ1) is 11.1. The van der Waals surface area contributed by atoms with Crippen LogP contribution in [-0.4, -0.2) is 18.5 Å². The lowest BCUT2D eigenvalue weighted by atomic mass is 10.1. The fourth-order valence-corrected chi connectivity index (χ4v) is 2.05. The van der Waals surface area contributed by atoms with Crippen molar-refractivity contribution in [2.75, 3.05) is 11.4 Å². The third-order valence-corrected chi connectivity index (χ3v) is 3.03. The molecule has 2 rings (SSSR count). The minimum absolute atomic E-state index is 0.104. The van der Waals surface area contributed by atoms with Crippen LogP contribution in [0, 0.1) is 6.92 Å². The molecule has 3 heteroatoms. The highest BCUT2D eigenvalue weighted by Gasteiger charge is 2.21. The Hall–Kier alpha value is -1.35. The number of carbonyl (C=O) groups is 1. The van der Waals surface area contributed by atoms with Crippen molar-refractivity contribution >= 4 is 11.6 Å². The molecule has 86 valence electrons. The molecular weight excluding hydrogens is 200 g/mol. The van der Waals surface area contributed by atoms with E-state index in [1.807, 2.05) is 36.1 Å². The molecule has 3 nitrogen and oxygen atoms in total. The van der Waals surface area contributed by atoms with Crippen molar-refractivity contribution in [1.29, 1.82) is 0 Å². The van der Waals surface area contributed by atoms with Gasteiger partial charge in [0.1, 0.15) is 0 Å². The third kappa shape index (κ3) is 2.42. The lowest BCUT2D eigenvalue weighted by molar-refractivity contribution is -0.118. The summed E-state index contributed by atoms with van der Waals surface area (Å²) in [6, 6.07) is 8.14. The molecule has 0 spiro atoms. The van der Waals surface area contributed by atoms with Gasteiger partial charge in [-0.1, -0.05) is 17.7 Å². The van der Waals surface area contributed by atoms with E-state index in [4.69, 9.17) is 5.73 Å². The van der Waals surface area contributed by atoms with Gasteiger partial charge in [0.25, 0.3) is 0 Å². The Balaban J connectivity index is 2.23. The van der Waals surface area contributed by atoms with Gasteiger partial charge in [0.15, 0.2) is 0 Å². The molecule has 1 aliphatic heterocycles. The Morgan fingerprint density at radius 2 is 2.00 bits per heavy atom. The molecular formula is C13H18N2O. The van der Waals surface area contributed by atoms with Crippen LogP contribution in [0.2, 0.25) is 0 Å². The summed E-state index contributed by atoms with van der Waals surface area (Å²) in [4.78, 5) is 13.7. The highest BCUT2D eigenvalue weighted by molar-refractivity contribution is 5.93. The standard InChI is InChI=1S/C13H18N2O/c1-10-5-7-12(8-6-10)15-9-11(14)3-2-4-13(15)16/h5-8,11H,2-4,9,14H2,1H3.